The van der Waals surface area contributed by atoms with Crippen LogP contribution in [0.25, 0.3) is 0 Å². The Balaban J connectivity index is 1.18. The smallest absolute Gasteiger partial charge is 0.410 e. The van der Waals surface area contributed by atoms with Crippen molar-refractivity contribution in [1.29, 1.82) is 0 Å². The summed E-state index contributed by atoms with van der Waals surface area (Å²) in [6.45, 7) is 3.88. The highest BCUT2D eigenvalue weighted by Crippen LogP contribution is 2.38. The van der Waals surface area contributed by atoms with Gasteiger partial charge in [-0.25, -0.2) is 9.78 Å². The zero-order chi connectivity index (χ0) is 32.3. The fourth-order valence-corrected chi connectivity index (χ4v) is 7.56. The number of anilines is 1. The Labute approximate surface area is 280 Å². The van der Waals surface area contributed by atoms with E-state index in [4.69, 9.17) is 21.3 Å². The number of imidazole rings is 1. The van der Waals surface area contributed by atoms with Crippen LogP contribution in [0.4, 0.5) is 10.5 Å². The van der Waals surface area contributed by atoms with E-state index in [0.29, 0.717) is 36.9 Å². The predicted octanol–water partition coefficient (Wildman–Crippen LogP) is 6.57. The molecule has 2 aliphatic carbocycles. The maximum Gasteiger partial charge on any atom is 0.410 e. The van der Waals surface area contributed by atoms with Crippen LogP contribution in [0.15, 0.2) is 73.3 Å². The molecule has 7 rings (SSSR count). The number of aromatic nitrogens is 3. The molecule has 9 nitrogen and oxygen atoms in total. The van der Waals surface area contributed by atoms with E-state index >= 15 is 0 Å². The van der Waals surface area contributed by atoms with Crippen molar-refractivity contribution in [2.24, 2.45) is 0 Å². The lowest BCUT2D eigenvalue weighted by Gasteiger charge is -2.43. The molecule has 47 heavy (non-hydrogen) atoms. The first-order valence-corrected chi connectivity index (χ1v) is 17.1. The van der Waals surface area contributed by atoms with Crippen LogP contribution in [0, 0.1) is 6.92 Å². The Bertz CT molecular complexity index is 1750. The number of aryl methyl sites for hydroxylation is 3. The third kappa shape index (κ3) is 7.06. The number of pyridine rings is 1. The van der Waals surface area contributed by atoms with Gasteiger partial charge in [-0.15, -0.1) is 0 Å². The van der Waals surface area contributed by atoms with Gasteiger partial charge in [-0.1, -0.05) is 42.3 Å². The molecule has 10 heteroatoms. The molecule has 1 saturated heterocycles. The minimum absolute atomic E-state index is 0.101. The molecule has 0 bridgehead atoms. The third-order valence-corrected chi connectivity index (χ3v) is 9.94. The molecular formula is C37H41ClN6O3. The Hall–Kier alpha value is -4.21. The average molecular weight is 653 g/mol. The molecule has 1 N–H and O–H groups in total. The van der Waals surface area contributed by atoms with Crippen LogP contribution in [0.5, 0.6) is 0 Å². The maximum absolute atomic E-state index is 14.2. The standard InChI is InChI=1S/C37H41ClN6O3/c1-25-21-42(24-40-25)22-26-7-5-9-30(19-26)41-36(45)33-23-43(17-18-44(33)37(46)47-31-10-3-2-4-11-31)35-32-15-14-29(38)20-28(32)13-12-27-8-6-16-39-34(27)35/h5-9,14-16,19-21,24,31,33,35H,2-4,10-13,17-18,22-23H2,1H3,(H,41,45)/t33-,35+/m1/s1. The maximum atomic E-state index is 14.2. The van der Waals surface area contributed by atoms with Gasteiger partial charge in [0.1, 0.15) is 12.1 Å². The van der Waals surface area contributed by atoms with E-state index in [1.54, 1.807) is 11.2 Å². The first kappa shape index (κ1) is 31.4. The first-order valence-electron chi connectivity index (χ1n) is 16.7. The zero-order valence-electron chi connectivity index (χ0n) is 26.8. The molecule has 2 fully saturated rings. The molecule has 0 spiro atoms. The predicted molar refractivity (Wildman–Crippen MR) is 181 cm³/mol. The Morgan fingerprint density at radius 1 is 0.979 bits per heavy atom. The largest absolute Gasteiger partial charge is 0.446 e. The minimum Gasteiger partial charge on any atom is -0.446 e. The second-order valence-electron chi connectivity index (χ2n) is 13.0. The van der Waals surface area contributed by atoms with Gasteiger partial charge in [-0.05, 0) is 98.0 Å². The summed E-state index contributed by atoms with van der Waals surface area (Å²) in [6.07, 6.45) is 11.9. The fourth-order valence-electron chi connectivity index (χ4n) is 7.37. The van der Waals surface area contributed by atoms with Gasteiger partial charge in [0, 0.05) is 49.3 Å². The summed E-state index contributed by atoms with van der Waals surface area (Å²) in [7, 11) is 0. The Morgan fingerprint density at radius 2 is 1.83 bits per heavy atom. The molecule has 2 atom stereocenters. The lowest BCUT2D eigenvalue weighted by Crippen LogP contribution is -2.60. The molecule has 2 amide bonds. The molecule has 1 saturated carbocycles. The van der Waals surface area contributed by atoms with Gasteiger partial charge in [0.25, 0.3) is 0 Å². The number of hydrogen-bond acceptors (Lipinski definition) is 6. The summed E-state index contributed by atoms with van der Waals surface area (Å²) < 4.78 is 8.04. The van der Waals surface area contributed by atoms with Crippen molar-refractivity contribution >= 4 is 29.3 Å². The number of piperazine rings is 1. The van der Waals surface area contributed by atoms with Crippen molar-refractivity contribution in [3.63, 3.8) is 0 Å². The highest BCUT2D eigenvalue weighted by atomic mass is 35.5. The van der Waals surface area contributed by atoms with Crippen molar-refractivity contribution in [3.8, 4) is 0 Å². The second kappa shape index (κ2) is 13.9. The summed E-state index contributed by atoms with van der Waals surface area (Å²) >= 11 is 6.46. The minimum atomic E-state index is -0.758. The van der Waals surface area contributed by atoms with Crippen LogP contribution in [0.1, 0.15) is 71.8 Å². The second-order valence-corrected chi connectivity index (χ2v) is 13.5. The van der Waals surface area contributed by atoms with E-state index in [-0.39, 0.29) is 18.1 Å². The molecule has 2 aromatic heterocycles. The lowest BCUT2D eigenvalue weighted by molar-refractivity contribution is -0.123. The summed E-state index contributed by atoms with van der Waals surface area (Å²) in [5, 5.41) is 3.85. The SMILES string of the molecule is Cc1cn(Cc2cccc(NC(=O)[C@H]3CN([C@H]4c5ccc(Cl)cc5CCc5cccnc54)CCN3C(=O)OC3CCCCC3)c2)cn1. The van der Waals surface area contributed by atoms with Gasteiger partial charge in [-0.3, -0.25) is 19.6 Å². The van der Waals surface area contributed by atoms with Crippen LogP contribution in [-0.4, -0.2) is 68.1 Å². The van der Waals surface area contributed by atoms with Gasteiger partial charge < -0.3 is 14.6 Å². The van der Waals surface area contributed by atoms with Crippen molar-refractivity contribution in [2.75, 3.05) is 25.0 Å². The zero-order valence-corrected chi connectivity index (χ0v) is 27.5. The molecule has 0 radical (unpaired) electrons. The number of benzene rings is 2. The Morgan fingerprint density at radius 3 is 2.66 bits per heavy atom. The van der Waals surface area contributed by atoms with E-state index in [1.165, 1.54) is 17.5 Å². The fraction of sp³-hybridized carbons (Fsp3) is 0.405. The Kier molecular flexibility index (Phi) is 9.27. The number of nitrogens with zero attached hydrogens (tertiary/aromatic N) is 5. The first-order chi connectivity index (χ1) is 22.9. The summed E-state index contributed by atoms with van der Waals surface area (Å²) in [6, 6.07) is 17.1. The number of carbonyl (C=O) groups excluding carboxylic acids is 2. The topological polar surface area (TPSA) is 92.6 Å². The van der Waals surface area contributed by atoms with E-state index in [2.05, 4.69) is 33.4 Å². The quantitative estimate of drug-likeness (QED) is 0.253. The van der Waals surface area contributed by atoms with Crippen molar-refractivity contribution in [2.45, 2.75) is 76.6 Å². The van der Waals surface area contributed by atoms with E-state index in [0.717, 1.165) is 61.0 Å². The van der Waals surface area contributed by atoms with Gasteiger partial charge >= 0.3 is 6.09 Å². The summed E-state index contributed by atoms with van der Waals surface area (Å²) in [4.78, 5) is 41.1. The molecule has 244 valence electrons. The normalized spacial score (nSPS) is 20.2. The highest BCUT2D eigenvalue weighted by molar-refractivity contribution is 6.30. The van der Waals surface area contributed by atoms with E-state index in [1.807, 2.05) is 60.3 Å². The number of rotatable bonds is 6. The number of fused-ring (bicyclic) bond motifs is 2. The number of hydrogen-bond donors (Lipinski definition) is 1. The lowest BCUT2D eigenvalue weighted by atomic mass is 9.95. The summed E-state index contributed by atoms with van der Waals surface area (Å²) in [5.41, 5.74) is 7.19. The van der Waals surface area contributed by atoms with Crippen LogP contribution in [0.3, 0.4) is 0 Å². The third-order valence-electron chi connectivity index (χ3n) is 9.70. The molecule has 3 heterocycles. The van der Waals surface area contributed by atoms with Gasteiger partial charge in [0.05, 0.1) is 23.8 Å². The molecule has 1 aliphatic heterocycles. The van der Waals surface area contributed by atoms with Crippen LogP contribution in [-0.2, 0) is 28.9 Å². The average Bonchev–Trinajstić information content (AvgIpc) is 3.41. The van der Waals surface area contributed by atoms with Gasteiger partial charge in [0.2, 0.25) is 5.91 Å². The van der Waals surface area contributed by atoms with Crippen LogP contribution >= 0.6 is 11.6 Å². The molecule has 4 aromatic rings. The highest BCUT2D eigenvalue weighted by Gasteiger charge is 2.41. The van der Waals surface area contributed by atoms with Crippen LogP contribution < -0.4 is 5.32 Å². The number of carbonyl (C=O) groups is 2. The molecule has 2 aromatic carbocycles. The van der Waals surface area contributed by atoms with E-state index < -0.39 is 12.1 Å². The number of halogens is 1. The molecule has 3 aliphatic rings. The summed E-state index contributed by atoms with van der Waals surface area (Å²) in [5.74, 6) is -0.239. The van der Waals surface area contributed by atoms with E-state index in [9.17, 15) is 9.59 Å². The number of ether oxygens (including phenoxy) is 1. The van der Waals surface area contributed by atoms with Gasteiger partial charge in [0.15, 0.2) is 0 Å². The monoisotopic (exact) mass is 652 g/mol. The van der Waals surface area contributed by atoms with Crippen LogP contribution in [0.2, 0.25) is 5.02 Å². The van der Waals surface area contributed by atoms with Gasteiger partial charge in [-0.2, -0.15) is 0 Å². The number of nitrogens with one attached hydrogen (secondary N) is 1. The van der Waals surface area contributed by atoms with Crippen molar-refractivity contribution in [3.05, 3.63) is 112 Å². The molecular weight excluding hydrogens is 612 g/mol. The molecule has 0 unspecified atom stereocenters. The van der Waals surface area contributed by atoms with Crippen molar-refractivity contribution < 1.29 is 14.3 Å². The number of amides is 2. The van der Waals surface area contributed by atoms with Crippen molar-refractivity contribution in [1.82, 2.24) is 24.3 Å².